The van der Waals surface area contributed by atoms with Gasteiger partial charge in [0.05, 0.1) is 5.69 Å². The van der Waals surface area contributed by atoms with Crippen LogP contribution in [0.1, 0.15) is 12.5 Å². The van der Waals surface area contributed by atoms with Crippen LogP contribution >= 0.6 is 15.9 Å². The van der Waals surface area contributed by atoms with Crippen LogP contribution in [0.3, 0.4) is 0 Å². The minimum atomic E-state index is -0.922. The van der Waals surface area contributed by atoms with Crippen molar-refractivity contribution in [1.29, 1.82) is 0 Å². The van der Waals surface area contributed by atoms with Crippen LogP contribution in [-0.2, 0) is 20.8 Å². The highest BCUT2D eigenvalue weighted by molar-refractivity contribution is 9.10. The van der Waals surface area contributed by atoms with Gasteiger partial charge in [-0.1, -0.05) is 40.2 Å². The van der Waals surface area contributed by atoms with Gasteiger partial charge in [-0.15, -0.1) is 0 Å². The average molecular weight is 456 g/mol. The van der Waals surface area contributed by atoms with Crippen molar-refractivity contribution >= 4 is 45.0 Å². The third kappa shape index (κ3) is 3.65. The van der Waals surface area contributed by atoms with E-state index in [2.05, 4.69) is 31.6 Å². The molecule has 1 N–H and O–H groups in total. The zero-order chi connectivity index (χ0) is 20.5. The standard InChI is InChI=1S/C20H18BrN5O3/c1-2-12-3-9-15(10-4-12)26-19(28)17-18(20(26)29)25(24-23-17)11-16(27)22-14-7-5-13(21)6-8-14/h3-10,17-18H,2,11H2,1H3,(H,22,27)/t17-,18-/m0/s1. The van der Waals surface area contributed by atoms with Gasteiger partial charge < -0.3 is 5.32 Å². The lowest BCUT2D eigenvalue weighted by Crippen LogP contribution is -2.43. The summed E-state index contributed by atoms with van der Waals surface area (Å²) in [5.41, 5.74) is 2.23. The van der Waals surface area contributed by atoms with E-state index in [4.69, 9.17) is 0 Å². The van der Waals surface area contributed by atoms with E-state index in [1.807, 2.05) is 31.2 Å². The monoisotopic (exact) mass is 455 g/mol. The molecule has 8 nitrogen and oxygen atoms in total. The summed E-state index contributed by atoms with van der Waals surface area (Å²) in [5, 5.41) is 11.9. The molecule has 0 saturated carbocycles. The molecule has 0 spiro atoms. The van der Waals surface area contributed by atoms with Gasteiger partial charge in [0.1, 0.15) is 6.54 Å². The first-order chi connectivity index (χ1) is 14.0. The van der Waals surface area contributed by atoms with E-state index in [0.717, 1.165) is 21.4 Å². The molecular formula is C20H18BrN5O3. The maximum absolute atomic E-state index is 12.9. The number of nitrogens with zero attached hydrogens (tertiary/aromatic N) is 4. The summed E-state index contributed by atoms with van der Waals surface area (Å²) in [7, 11) is 0. The normalized spacial score (nSPS) is 20.3. The zero-order valence-corrected chi connectivity index (χ0v) is 17.2. The molecule has 2 aliphatic rings. The van der Waals surface area contributed by atoms with Crippen molar-refractivity contribution in [2.75, 3.05) is 16.8 Å². The summed E-state index contributed by atoms with van der Waals surface area (Å²) in [5.74, 6) is -1.20. The van der Waals surface area contributed by atoms with Crippen molar-refractivity contribution in [2.24, 2.45) is 10.3 Å². The van der Waals surface area contributed by atoms with Gasteiger partial charge in [0, 0.05) is 10.2 Å². The molecule has 2 aromatic carbocycles. The number of fused-ring (bicyclic) bond motifs is 1. The summed E-state index contributed by atoms with van der Waals surface area (Å²) >= 11 is 3.34. The van der Waals surface area contributed by atoms with Gasteiger partial charge in [0.25, 0.3) is 11.8 Å². The molecule has 2 heterocycles. The third-order valence-electron chi connectivity index (χ3n) is 4.89. The molecular weight excluding hydrogens is 438 g/mol. The minimum absolute atomic E-state index is 0.178. The lowest BCUT2D eigenvalue weighted by atomic mass is 10.1. The number of rotatable bonds is 5. The number of amides is 3. The molecule has 9 heteroatoms. The Kier molecular flexibility index (Phi) is 5.14. The van der Waals surface area contributed by atoms with Crippen molar-refractivity contribution in [3.8, 4) is 0 Å². The molecule has 148 valence electrons. The van der Waals surface area contributed by atoms with E-state index in [1.165, 1.54) is 5.01 Å². The molecule has 2 aromatic rings. The second-order valence-electron chi connectivity index (χ2n) is 6.78. The van der Waals surface area contributed by atoms with Crippen molar-refractivity contribution in [3.05, 3.63) is 58.6 Å². The lowest BCUT2D eigenvalue weighted by Gasteiger charge is -2.20. The summed E-state index contributed by atoms with van der Waals surface area (Å²) in [6.07, 6.45) is 0.864. The highest BCUT2D eigenvalue weighted by Crippen LogP contribution is 2.32. The summed E-state index contributed by atoms with van der Waals surface area (Å²) in [4.78, 5) is 39.2. The predicted octanol–water partition coefficient (Wildman–Crippen LogP) is 2.94. The fraction of sp³-hybridized carbons (Fsp3) is 0.250. The molecule has 0 aliphatic carbocycles. The summed E-state index contributed by atoms with van der Waals surface area (Å²) in [6.45, 7) is 1.85. The zero-order valence-electron chi connectivity index (χ0n) is 15.6. The first-order valence-corrected chi connectivity index (χ1v) is 9.97. The molecule has 2 aliphatic heterocycles. The second kappa shape index (κ2) is 7.75. The van der Waals surface area contributed by atoms with E-state index in [9.17, 15) is 14.4 Å². The van der Waals surface area contributed by atoms with Crippen molar-refractivity contribution < 1.29 is 14.4 Å². The number of aryl methyl sites for hydroxylation is 1. The Morgan fingerprint density at radius 1 is 1.07 bits per heavy atom. The minimum Gasteiger partial charge on any atom is -0.324 e. The van der Waals surface area contributed by atoms with Crippen LogP contribution in [0.25, 0.3) is 0 Å². The Morgan fingerprint density at radius 2 is 1.76 bits per heavy atom. The van der Waals surface area contributed by atoms with Gasteiger partial charge in [-0.2, -0.15) is 5.11 Å². The number of nitrogens with one attached hydrogen (secondary N) is 1. The van der Waals surface area contributed by atoms with Gasteiger partial charge in [-0.25, -0.2) is 4.90 Å². The van der Waals surface area contributed by atoms with Gasteiger partial charge in [0.2, 0.25) is 5.91 Å². The number of imide groups is 1. The van der Waals surface area contributed by atoms with E-state index in [1.54, 1.807) is 24.3 Å². The van der Waals surface area contributed by atoms with Crippen LogP contribution < -0.4 is 10.2 Å². The molecule has 1 saturated heterocycles. The maximum atomic E-state index is 12.9. The Hall–Kier alpha value is -3.07. The second-order valence-corrected chi connectivity index (χ2v) is 7.69. The number of halogens is 1. The highest BCUT2D eigenvalue weighted by atomic mass is 79.9. The molecule has 29 heavy (non-hydrogen) atoms. The van der Waals surface area contributed by atoms with Crippen molar-refractivity contribution in [3.63, 3.8) is 0 Å². The van der Waals surface area contributed by atoms with Gasteiger partial charge in [0.15, 0.2) is 12.1 Å². The quantitative estimate of drug-likeness (QED) is 0.701. The molecule has 4 rings (SSSR count). The van der Waals surface area contributed by atoms with E-state index in [0.29, 0.717) is 11.4 Å². The Morgan fingerprint density at radius 3 is 2.41 bits per heavy atom. The van der Waals surface area contributed by atoms with Gasteiger partial charge in [-0.3, -0.25) is 19.4 Å². The molecule has 0 bridgehead atoms. The highest BCUT2D eigenvalue weighted by Gasteiger charge is 2.55. The van der Waals surface area contributed by atoms with E-state index >= 15 is 0 Å². The lowest BCUT2D eigenvalue weighted by molar-refractivity contribution is -0.123. The molecule has 0 unspecified atom stereocenters. The van der Waals surface area contributed by atoms with E-state index < -0.39 is 23.9 Å². The third-order valence-corrected chi connectivity index (χ3v) is 5.42. The van der Waals surface area contributed by atoms with Crippen molar-refractivity contribution in [2.45, 2.75) is 25.4 Å². The number of benzene rings is 2. The number of hydrogen-bond acceptors (Lipinski definition) is 6. The number of carbonyl (C=O) groups excluding carboxylic acids is 3. The van der Waals surface area contributed by atoms with Crippen molar-refractivity contribution in [1.82, 2.24) is 5.01 Å². The fourth-order valence-corrected chi connectivity index (χ4v) is 3.63. The first kappa shape index (κ1) is 19.3. The summed E-state index contributed by atoms with van der Waals surface area (Å²) in [6, 6.07) is 12.6. The molecule has 2 atom stereocenters. The van der Waals surface area contributed by atoms with Crippen LogP contribution in [0, 0.1) is 0 Å². The van der Waals surface area contributed by atoms with Crippen LogP contribution in [-0.4, -0.2) is 41.4 Å². The average Bonchev–Trinajstić information content (AvgIpc) is 3.23. The number of carbonyl (C=O) groups is 3. The van der Waals surface area contributed by atoms with Crippen LogP contribution in [0.5, 0.6) is 0 Å². The molecule has 3 amide bonds. The van der Waals surface area contributed by atoms with Gasteiger partial charge >= 0.3 is 0 Å². The largest absolute Gasteiger partial charge is 0.324 e. The summed E-state index contributed by atoms with van der Waals surface area (Å²) < 4.78 is 0.897. The number of anilines is 2. The molecule has 0 radical (unpaired) electrons. The molecule has 0 aromatic heterocycles. The topological polar surface area (TPSA) is 94.4 Å². The number of hydrogen-bond donors (Lipinski definition) is 1. The predicted molar refractivity (Wildman–Crippen MR) is 110 cm³/mol. The maximum Gasteiger partial charge on any atom is 0.263 e. The van der Waals surface area contributed by atoms with Crippen LogP contribution in [0.2, 0.25) is 0 Å². The Bertz CT molecular complexity index is 990. The van der Waals surface area contributed by atoms with Crippen LogP contribution in [0.4, 0.5) is 11.4 Å². The molecule has 1 fully saturated rings. The smallest absolute Gasteiger partial charge is 0.263 e. The Balaban J connectivity index is 1.47. The SMILES string of the molecule is CCc1ccc(N2C(=O)[C@H]3N=NN(CC(=O)Nc4ccc(Br)cc4)[C@@H]3C2=O)cc1. The van der Waals surface area contributed by atoms with E-state index in [-0.39, 0.29) is 12.5 Å². The van der Waals surface area contributed by atoms with Gasteiger partial charge in [-0.05, 0) is 48.4 Å². The fourth-order valence-electron chi connectivity index (χ4n) is 3.37. The Labute approximate surface area is 175 Å². The van der Waals surface area contributed by atoms with Crippen LogP contribution in [0.15, 0.2) is 63.3 Å². The first-order valence-electron chi connectivity index (χ1n) is 9.17.